The molecule has 0 unspecified atom stereocenters. The number of rotatable bonds is 0. The zero-order valence-electron chi connectivity index (χ0n) is 5.13. The minimum atomic E-state index is -5.06. The summed E-state index contributed by atoms with van der Waals surface area (Å²) in [6.45, 7) is -3.81. The van der Waals surface area contributed by atoms with Crippen LogP contribution in [0.2, 0.25) is 0 Å². The van der Waals surface area contributed by atoms with E-state index in [0.717, 1.165) is 0 Å². The number of hydrogen-bond donors (Lipinski definition) is 0. The van der Waals surface area contributed by atoms with Crippen LogP contribution in [0.4, 0.5) is 13.2 Å². The molecular weight excluding hydrogens is 81.0 g/mol. The second-order valence-corrected chi connectivity index (χ2v) is 0.498. The van der Waals surface area contributed by atoms with Crippen LogP contribution >= 0.6 is 0 Å². The molecule has 0 aromatic carbocycles. The molecule has 0 aromatic rings. The molecule has 0 bridgehead atoms. The Balaban J connectivity index is 4.02. The van der Waals surface area contributed by atoms with Gasteiger partial charge in [-0.05, 0) is 0 Å². The summed E-state index contributed by atoms with van der Waals surface area (Å²) in [6.07, 6.45) is -5.06. The normalized spacial score (nSPS) is 23.4. The van der Waals surface area contributed by atoms with E-state index in [9.17, 15) is 13.2 Å². The lowest BCUT2D eigenvalue weighted by Gasteiger charge is -1.88. The van der Waals surface area contributed by atoms with Crippen LogP contribution in [0, 0.1) is 0 Å². The highest BCUT2D eigenvalue weighted by atomic mass is 19.4. The second-order valence-electron chi connectivity index (χ2n) is 0.498. The van der Waals surface area contributed by atoms with Gasteiger partial charge in [-0.15, -0.1) is 0 Å². The molecule has 0 N–H and O–H groups in total. The highest BCUT2D eigenvalue weighted by Gasteiger charge is 2.15. The Bertz CT molecular complexity index is 67.5. The van der Waals surface area contributed by atoms with Crippen LogP contribution < -0.4 is 0 Å². The van der Waals surface area contributed by atoms with E-state index < -0.39 is 13.0 Å². The zero-order chi connectivity index (χ0) is 7.00. The van der Waals surface area contributed by atoms with E-state index in [1.54, 1.807) is 0 Å². The lowest BCUT2D eigenvalue weighted by Crippen LogP contribution is -1.95. The summed E-state index contributed by atoms with van der Waals surface area (Å²) in [6, 6.07) is 0. The highest BCUT2D eigenvalue weighted by molar-refractivity contribution is 4.26. The predicted molar refractivity (Wildman–Crippen MR) is 11.7 cm³/mol. The molecule has 0 nitrogen and oxygen atoms in total. The Kier molecular flexibility index (Phi) is 0.263. The molecule has 0 atom stereocenters. The van der Waals surface area contributed by atoms with Crippen molar-refractivity contribution in [3.8, 4) is 0 Å². The molecule has 0 saturated heterocycles. The quantitative estimate of drug-likeness (QED) is 0.420. The Morgan fingerprint density at radius 1 is 1.60 bits per heavy atom. The van der Waals surface area contributed by atoms with E-state index in [0.29, 0.717) is 0 Å². The first-order valence-corrected chi connectivity index (χ1v) is 0.817. The monoisotopic (exact) mass is 87.0 g/mol. The van der Waals surface area contributed by atoms with Crippen molar-refractivity contribution in [3.63, 3.8) is 0 Å². The van der Waals surface area contributed by atoms with E-state index in [2.05, 4.69) is 0 Å². The Hall–Kier alpha value is -0.210. The van der Waals surface area contributed by atoms with Gasteiger partial charge in [0.05, 0.1) is 0 Å². The molecule has 0 amide bonds. The van der Waals surface area contributed by atoms with Crippen molar-refractivity contribution >= 4 is 0 Å². The Morgan fingerprint density at radius 2 is 1.80 bits per heavy atom. The van der Waals surface area contributed by atoms with Crippen molar-refractivity contribution in [2.75, 3.05) is 0 Å². The first-order chi connectivity index (χ1) is 3.25. The van der Waals surface area contributed by atoms with Crippen LogP contribution in [-0.4, -0.2) is 6.18 Å². The lowest BCUT2D eigenvalue weighted by molar-refractivity contribution is -0.110. The molecule has 0 heterocycles. The second kappa shape index (κ2) is 0.880. The smallest absolute Gasteiger partial charge is 0.172 e. The molecule has 0 saturated carbocycles. The van der Waals surface area contributed by atoms with E-state index in [-0.39, 0.29) is 0 Å². The van der Waals surface area contributed by atoms with E-state index in [4.69, 9.17) is 4.11 Å². The molecule has 0 spiro atoms. The molecule has 0 aliphatic heterocycles. The van der Waals surface area contributed by atoms with Crippen molar-refractivity contribution in [3.05, 3.63) is 0 Å². The maximum atomic E-state index is 11.0. The van der Waals surface area contributed by atoms with Crippen LogP contribution in [0.1, 0.15) is 11.0 Å². The minimum Gasteiger partial charge on any atom is -0.172 e. The number of alkyl halides is 3. The van der Waals surface area contributed by atoms with Gasteiger partial charge in [0.15, 0.2) is 0 Å². The first-order valence-electron chi connectivity index (χ1n) is 2.32. The molecule has 32 valence electrons. The third-order valence-corrected chi connectivity index (χ3v) is 0. The maximum absolute atomic E-state index is 11.0. The van der Waals surface area contributed by atoms with Crippen molar-refractivity contribution in [1.29, 1.82) is 0 Å². The van der Waals surface area contributed by atoms with Gasteiger partial charge >= 0.3 is 6.18 Å². The lowest BCUT2D eigenvalue weighted by atomic mass is 10.8. The predicted octanol–water partition coefficient (Wildman–Crippen LogP) is 1.57. The molecule has 5 heavy (non-hydrogen) atoms. The highest BCUT2D eigenvalue weighted by Crippen LogP contribution is 2.10. The van der Waals surface area contributed by atoms with Crippen LogP contribution in [0.25, 0.3) is 0 Å². The third-order valence-electron chi connectivity index (χ3n) is 0. The van der Waals surface area contributed by atoms with E-state index in [1.807, 2.05) is 0 Å². The summed E-state index contributed by atoms with van der Waals surface area (Å²) in [5, 5.41) is 0. The number of hydrogen-bond acceptors (Lipinski definition) is 0. The summed E-state index contributed by atoms with van der Waals surface area (Å²) in [4.78, 5) is 0. The van der Waals surface area contributed by atoms with Crippen LogP contribution in [-0.2, 0) is 0 Å². The average Bonchev–Trinajstić information content (AvgIpc) is 1.25. The van der Waals surface area contributed by atoms with Gasteiger partial charge in [0.2, 0.25) is 0 Å². The molecule has 0 aliphatic rings. The summed E-state index contributed by atoms with van der Waals surface area (Å²) in [5.74, 6) is 0. The van der Waals surface area contributed by atoms with Gasteiger partial charge < -0.3 is 0 Å². The van der Waals surface area contributed by atoms with Crippen LogP contribution in [0.5, 0.6) is 0 Å². The van der Waals surface area contributed by atoms with Gasteiger partial charge in [-0.1, -0.05) is 0 Å². The van der Waals surface area contributed by atoms with Gasteiger partial charge in [0.25, 0.3) is 0 Å². The first kappa shape index (κ1) is 1.49. The summed E-state index contributed by atoms with van der Waals surface area (Å²) in [5.41, 5.74) is 0. The van der Waals surface area contributed by atoms with Gasteiger partial charge in [0, 0.05) is 11.0 Å². The standard InChI is InChI=1S/C2H3F3/c1-2(3,4)5/h1H3/i1D3. The van der Waals surface area contributed by atoms with Gasteiger partial charge in [-0.3, -0.25) is 0 Å². The third kappa shape index (κ3) is 275. The van der Waals surface area contributed by atoms with Crippen molar-refractivity contribution in [2.24, 2.45) is 0 Å². The van der Waals surface area contributed by atoms with Gasteiger partial charge in [0.1, 0.15) is 0 Å². The minimum absolute atomic E-state index is 3.81. The fourth-order valence-corrected chi connectivity index (χ4v) is 0. The van der Waals surface area contributed by atoms with Crippen molar-refractivity contribution in [1.82, 2.24) is 0 Å². The molecule has 0 radical (unpaired) electrons. The fraction of sp³-hybridized carbons (Fsp3) is 1.00. The molecule has 0 fully saturated rings. The molecule has 0 rings (SSSR count). The molecule has 0 aliphatic carbocycles. The van der Waals surface area contributed by atoms with Crippen molar-refractivity contribution < 1.29 is 17.3 Å². The van der Waals surface area contributed by atoms with Gasteiger partial charge in [-0.25, -0.2) is 0 Å². The SMILES string of the molecule is [2H]C([2H])([2H])C(F)(F)F. The summed E-state index contributed by atoms with van der Waals surface area (Å²) < 4.78 is 50.4. The maximum Gasteiger partial charge on any atom is 0.386 e. The van der Waals surface area contributed by atoms with E-state index in [1.165, 1.54) is 0 Å². The molecule has 0 aromatic heterocycles. The van der Waals surface area contributed by atoms with E-state index >= 15 is 0 Å². The number of halogens is 3. The Labute approximate surface area is 31.8 Å². The molecular formula is C2H3F3. The molecule has 3 heteroatoms. The Morgan fingerprint density at radius 3 is 1.80 bits per heavy atom. The fourth-order valence-electron chi connectivity index (χ4n) is 0. The summed E-state index contributed by atoms with van der Waals surface area (Å²) in [7, 11) is 0. The largest absolute Gasteiger partial charge is 0.386 e. The zero-order valence-corrected chi connectivity index (χ0v) is 2.13. The topological polar surface area (TPSA) is 0 Å². The average molecular weight is 87.1 g/mol. The van der Waals surface area contributed by atoms with Gasteiger partial charge in [-0.2, -0.15) is 13.2 Å². The van der Waals surface area contributed by atoms with Crippen LogP contribution in [0.3, 0.4) is 0 Å². The van der Waals surface area contributed by atoms with Crippen molar-refractivity contribution in [2.45, 2.75) is 13.0 Å². The summed E-state index contributed by atoms with van der Waals surface area (Å²) >= 11 is 0. The van der Waals surface area contributed by atoms with Crippen LogP contribution in [0.15, 0.2) is 0 Å².